The van der Waals surface area contributed by atoms with Crippen LogP contribution in [0.2, 0.25) is 0 Å². The van der Waals surface area contributed by atoms with Crippen LogP contribution in [0.3, 0.4) is 0 Å². The summed E-state index contributed by atoms with van der Waals surface area (Å²) in [5.74, 6) is -0.0262. The van der Waals surface area contributed by atoms with Gasteiger partial charge in [0.1, 0.15) is 5.82 Å². The summed E-state index contributed by atoms with van der Waals surface area (Å²) in [6, 6.07) is 6.43. The number of hydrogen-bond donors (Lipinski definition) is 2. The van der Waals surface area contributed by atoms with Crippen molar-refractivity contribution in [3.63, 3.8) is 0 Å². The van der Waals surface area contributed by atoms with E-state index in [0.717, 1.165) is 55.7 Å². The van der Waals surface area contributed by atoms with Gasteiger partial charge in [-0.2, -0.15) is 5.10 Å². The van der Waals surface area contributed by atoms with Crippen LogP contribution in [-0.2, 0) is 24.4 Å². The van der Waals surface area contributed by atoms with E-state index in [0.29, 0.717) is 19.6 Å². The third kappa shape index (κ3) is 3.22. The van der Waals surface area contributed by atoms with E-state index in [-0.39, 0.29) is 23.2 Å². The summed E-state index contributed by atoms with van der Waals surface area (Å²) < 4.78 is 15.1. The lowest BCUT2D eigenvalue weighted by Gasteiger charge is -2.33. The zero-order valence-electron chi connectivity index (χ0n) is 16.0. The molecule has 2 saturated heterocycles. The molecule has 7 heteroatoms. The number of carbonyl (C=O) groups excluding carboxylic acids is 1. The number of hydrogen-bond acceptors (Lipinski definition) is 4. The standard InChI is InChI=1S/C21H26FN5O/c22-17-3-1-15(2-4-17)11-27-19-13-26(12-16(19)10-25-27)20(28)18-9-21(14-24-18)5-7-23-8-6-21/h1-4,10,18,23-24H,5-9,11-14H2/t18-/m0/s1. The lowest BCUT2D eigenvalue weighted by molar-refractivity contribution is -0.134. The van der Waals surface area contributed by atoms with Gasteiger partial charge in [0.05, 0.1) is 31.0 Å². The highest BCUT2D eigenvalue weighted by Crippen LogP contribution is 2.38. The Labute approximate surface area is 164 Å². The van der Waals surface area contributed by atoms with Gasteiger partial charge in [-0.25, -0.2) is 4.39 Å². The van der Waals surface area contributed by atoms with Gasteiger partial charge in [-0.15, -0.1) is 0 Å². The second-order valence-electron chi connectivity index (χ2n) is 8.48. The number of carbonyl (C=O) groups is 1. The molecule has 2 aromatic rings. The first kappa shape index (κ1) is 17.8. The van der Waals surface area contributed by atoms with Crippen LogP contribution < -0.4 is 10.6 Å². The molecule has 3 aliphatic rings. The minimum absolute atomic E-state index is 0.0689. The number of rotatable bonds is 3. The average molecular weight is 383 g/mol. The molecule has 0 unspecified atom stereocenters. The van der Waals surface area contributed by atoms with Crippen LogP contribution in [0.15, 0.2) is 30.5 Å². The Morgan fingerprint density at radius 2 is 2.00 bits per heavy atom. The van der Waals surface area contributed by atoms with Crippen LogP contribution in [0.5, 0.6) is 0 Å². The summed E-state index contributed by atoms with van der Waals surface area (Å²) in [5, 5.41) is 11.4. The maximum atomic E-state index is 13.1. The van der Waals surface area contributed by atoms with E-state index in [1.54, 1.807) is 12.1 Å². The fourth-order valence-corrected chi connectivity index (χ4v) is 4.91. The van der Waals surface area contributed by atoms with Gasteiger partial charge in [0.25, 0.3) is 0 Å². The molecule has 4 heterocycles. The molecule has 0 radical (unpaired) electrons. The molecule has 148 valence electrons. The summed E-state index contributed by atoms with van der Waals surface area (Å²) in [4.78, 5) is 15.1. The molecule has 3 aliphatic heterocycles. The number of aromatic nitrogens is 2. The van der Waals surface area contributed by atoms with Crippen molar-refractivity contribution in [2.24, 2.45) is 5.41 Å². The molecule has 1 atom stereocenters. The molecular weight excluding hydrogens is 357 g/mol. The van der Waals surface area contributed by atoms with Gasteiger partial charge >= 0.3 is 0 Å². The summed E-state index contributed by atoms with van der Waals surface area (Å²) in [6.45, 7) is 4.88. The monoisotopic (exact) mass is 383 g/mol. The maximum Gasteiger partial charge on any atom is 0.240 e. The molecule has 6 nitrogen and oxygen atoms in total. The smallest absolute Gasteiger partial charge is 0.240 e. The number of amides is 1. The number of fused-ring (bicyclic) bond motifs is 1. The molecule has 1 aromatic heterocycles. The molecule has 2 N–H and O–H groups in total. The summed E-state index contributed by atoms with van der Waals surface area (Å²) in [7, 11) is 0. The fraction of sp³-hybridized carbons (Fsp3) is 0.524. The quantitative estimate of drug-likeness (QED) is 0.846. The van der Waals surface area contributed by atoms with Gasteiger partial charge in [0.2, 0.25) is 5.91 Å². The van der Waals surface area contributed by atoms with E-state index in [1.807, 2.05) is 15.8 Å². The van der Waals surface area contributed by atoms with Crippen LogP contribution in [0.4, 0.5) is 4.39 Å². The van der Waals surface area contributed by atoms with E-state index in [4.69, 9.17) is 0 Å². The van der Waals surface area contributed by atoms with Crippen molar-refractivity contribution < 1.29 is 9.18 Å². The van der Waals surface area contributed by atoms with Gasteiger partial charge in [-0.1, -0.05) is 12.1 Å². The number of benzene rings is 1. The minimum atomic E-state index is -0.234. The van der Waals surface area contributed by atoms with E-state index >= 15 is 0 Å². The first-order valence-corrected chi connectivity index (χ1v) is 10.1. The molecule has 0 saturated carbocycles. The Kier molecular flexibility index (Phi) is 4.44. The Morgan fingerprint density at radius 1 is 1.21 bits per heavy atom. The topological polar surface area (TPSA) is 62.2 Å². The van der Waals surface area contributed by atoms with Crippen molar-refractivity contribution in [3.8, 4) is 0 Å². The molecule has 1 spiro atoms. The van der Waals surface area contributed by atoms with Crippen molar-refractivity contribution in [2.45, 2.75) is 44.9 Å². The number of piperidine rings is 1. The van der Waals surface area contributed by atoms with Gasteiger partial charge in [-0.05, 0) is 55.5 Å². The highest BCUT2D eigenvalue weighted by atomic mass is 19.1. The van der Waals surface area contributed by atoms with Crippen molar-refractivity contribution >= 4 is 5.91 Å². The molecule has 28 heavy (non-hydrogen) atoms. The largest absolute Gasteiger partial charge is 0.331 e. The summed E-state index contributed by atoms with van der Waals surface area (Å²) >= 11 is 0. The Balaban J connectivity index is 1.25. The van der Waals surface area contributed by atoms with E-state index in [2.05, 4.69) is 15.7 Å². The van der Waals surface area contributed by atoms with Gasteiger partial charge < -0.3 is 15.5 Å². The van der Waals surface area contributed by atoms with Crippen LogP contribution >= 0.6 is 0 Å². The molecule has 0 bridgehead atoms. The lowest BCUT2D eigenvalue weighted by Crippen LogP contribution is -2.41. The molecule has 5 rings (SSSR count). The molecule has 1 aromatic carbocycles. The van der Waals surface area contributed by atoms with Crippen molar-refractivity contribution in [1.82, 2.24) is 25.3 Å². The van der Waals surface area contributed by atoms with Gasteiger partial charge in [0.15, 0.2) is 0 Å². The van der Waals surface area contributed by atoms with Crippen molar-refractivity contribution in [2.75, 3.05) is 19.6 Å². The predicted octanol–water partition coefficient (Wildman–Crippen LogP) is 1.64. The Morgan fingerprint density at radius 3 is 2.79 bits per heavy atom. The van der Waals surface area contributed by atoms with E-state index in [9.17, 15) is 9.18 Å². The molecule has 1 amide bonds. The number of halogens is 1. The second kappa shape index (κ2) is 6.97. The maximum absolute atomic E-state index is 13.1. The second-order valence-corrected chi connectivity index (χ2v) is 8.48. The Hall–Kier alpha value is -2.25. The van der Waals surface area contributed by atoms with Gasteiger partial charge in [0, 0.05) is 18.7 Å². The number of nitrogens with zero attached hydrogens (tertiary/aromatic N) is 3. The van der Waals surface area contributed by atoms with Crippen LogP contribution in [0, 0.1) is 11.2 Å². The van der Waals surface area contributed by atoms with Crippen LogP contribution in [0.1, 0.15) is 36.1 Å². The third-order valence-corrected chi connectivity index (χ3v) is 6.62. The van der Waals surface area contributed by atoms with Crippen LogP contribution in [-0.4, -0.2) is 46.3 Å². The minimum Gasteiger partial charge on any atom is -0.331 e. The van der Waals surface area contributed by atoms with E-state index in [1.165, 1.54) is 12.1 Å². The summed E-state index contributed by atoms with van der Waals surface area (Å²) in [6.07, 6.45) is 5.11. The zero-order chi connectivity index (χ0) is 19.1. The predicted molar refractivity (Wildman–Crippen MR) is 103 cm³/mol. The molecule has 2 fully saturated rings. The first-order chi connectivity index (χ1) is 13.6. The van der Waals surface area contributed by atoms with Gasteiger partial charge in [-0.3, -0.25) is 9.48 Å². The molecular formula is C21H26FN5O. The average Bonchev–Trinajstić information content (AvgIpc) is 3.40. The van der Waals surface area contributed by atoms with E-state index < -0.39 is 0 Å². The van der Waals surface area contributed by atoms with Crippen LogP contribution in [0.25, 0.3) is 0 Å². The molecule has 0 aliphatic carbocycles. The summed E-state index contributed by atoms with van der Waals surface area (Å²) in [5.41, 5.74) is 3.50. The SMILES string of the molecule is O=C([C@@H]1CC2(CCNCC2)CN1)N1Cc2cnn(Cc3ccc(F)cc3)c2C1. The Bertz CT molecular complexity index is 871. The lowest BCUT2D eigenvalue weighted by atomic mass is 9.77. The highest BCUT2D eigenvalue weighted by molar-refractivity contribution is 5.83. The van der Waals surface area contributed by atoms with Crippen molar-refractivity contribution in [1.29, 1.82) is 0 Å². The highest BCUT2D eigenvalue weighted by Gasteiger charge is 2.44. The van der Waals surface area contributed by atoms with Crippen molar-refractivity contribution in [3.05, 3.63) is 53.1 Å². The normalized spacial score (nSPS) is 23.3. The number of nitrogens with one attached hydrogen (secondary N) is 2. The first-order valence-electron chi connectivity index (χ1n) is 10.1. The fourth-order valence-electron chi connectivity index (χ4n) is 4.91. The zero-order valence-corrected chi connectivity index (χ0v) is 16.0. The third-order valence-electron chi connectivity index (χ3n) is 6.62.